The van der Waals surface area contributed by atoms with E-state index in [0.29, 0.717) is 23.7 Å². The Morgan fingerprint density at radius 3 is 2.89 bits per heavy atom. The van der Waals surface area contributed by atoms with Crippen LogP contribution in [-0.4, -0.2) is 37.4 Å². The van der Waals surface area contributed by atoms with Gasteiger partial charge in [-0.05, 0) is 13.0 Å². The maximum absolute atomic E-state index is 11.4. The molecular formula is C12H17NO5S. The lowest BCUT2D eigenvalue weighted by Crippen LogP contribution is -2.34. The number of hydrogen-bond acceptors (Lipinski definition) is 7. The molecule has 1 rings (SSSR count). The minimum Gasteiger partial charge on any atom is -0.465 e. The molecule has 6 nitrogen and oxygen atoms in total. The van der Waals surface area contributed by atoms with Gasteiger partial charge in [-0.25, -0.2) is 4.79 Å². The van der Waals surface area contributed by atoms with Crippen LogP contribution in [0.5, 0.6) is 0 Å². The van der Waals surface area contributed by atoms with Crippen molar-refractivity contribution in [3.63, 3.8) is 0 Å². The van der Waals surface area contributed by atoms with Crippen LogP contribution in [0.15, 0.2) is 16.7 Å². The molecule has 106 valence electrons. The van der Waals surface area contributed by atoms with E-state index in [4.69, 9.17) is 14.9 Å². The van der Waals surface area contributed by atoms with Gasteiger partial charge in [0.1, 0.15) is 6.04 Å². The molecule has 0 radical (unpaired) electrons. The number of furan rings is 1. The normalized spacial score (nSPS) is 11.9. The molecule has 0 saturated heterocycles. The Morgan fingerprint density at radius 2 is 2.26 bits per heavy atom. The van der Waals surface area contributed by atoms with Crippen LogP contribution in [0.4, 0.5) is 0 Å². The molecule has 0 amide bonds. The van der Waals surface area contributed by atoms with Crippen LogP contribution in [-0.2, 0) is 20.0 Å². The average molecular weight is 287 g/mol. The van der Waals surface area contributed by atoms with Crippen LogP contribution in [0, 0.1) is 0 Å². The van der Waals surface area contributed by atoms with Crippen LogP contribution in [0.25, 0.3) is 0 Å². The van der Waals surface area contributed by atoms with Gasteiger partial charge in [-0.1, -0.05) is 0 Å². The third-order valence-electron chi connectivity index (χ3n) is 2.26. The monoisotopic (exact) mass is 287 g/mol. The van der Waals surface area contributed by atoms with Gasteiger partial charge < -0.3 is 19.6 Å². The number of carbonyl (C=O) groups is 2. The van der Waals surface area contributed by atoms with E-state index in [1.807, 2.05) is 0 Å². The fourth-order valence-electron chi connectivity index (χ4n) is 1.33. The summed E-state index contributed by atoms with van der Waals surface area (Å²) in [5.41, 5.74) is 6.37. The van der Waals surface area contributed by atoms with E-state index < -0.39 is 18.0 Å². The summed E-state index contributed by atoms with van der Waals surface area (Å²) in [5.74, 6) is 0.156. The molecule has 0 aliphatic rings. The number of esters is 2. The zero-order valence-electron chi connectivity index (χ0n) is 10.9. The highest BCUT2D eigenvalue weighted by Crippen LogP contribution is 2.19. The molecule has 1 heterocycles. The maximum Gasteiger partial charge on any atom is 0.374 e. The lowest BCUT2D eigenvalue weighted by Gasteiger charge is -2.09. The number of nitrogens with two attached hydrogens (primary N) is 1. The standard InChI is InChI=1S/C12H17NO5S/c1-3-17-11(14)9(13)7-19-6-8-4-5-18-10(8)12(15)16-2/h4-5,9H,3,6-7,13H2,1-2H3. The number of thioether (sulfide) groups is 1. The topological polar surface area (TPSA) is 91.8 Å². The van der Waals surface area contributed by atoms with Crippen LogP contribution in [0.2, 0.25) is 0 Å². The van der Waals surface area contributed by atoms with E-state index in [9.17, 15) is 9.59 Å². The Labute approximate surface area is 115 Å². The van der Waals surface area contributed by atoms with Crippen molar-refractivity contribution in [2.75, 3.05) is 19.5 Å². The van der Waals surface area contributed by atoms with Crippen molar-refractivity contribution in [3.8, 4) is 0 Å². The predicted octanol–water partition coefficient (Wildman–Crippen LogP) is 1.19. The Hall–Kier alpha value is -1.47. The maximum atomic E-state index is 11.4. The van der Waals surface area contributed by atoms with Crippen LogP contribution in [0.3, 0.4) is 0 Å². The van der Waals surface area contributed by atoms with Gasteiger partial charge in [0, 0.05) is 17.1 Å². The summed E-state index contributed by atoms with van der Waals surface area (Å²) in [6.07, 6.45) is 1.42. The molecule has 1 aromatic heterocycles. The molecular weight excluding hydrogens is 270 g/mol. The Balaban J connectivity index is 2.43. The first kappa shape index (κ1) is 15.6. The molecule has 7 heteroatoms. The largest absolute Gasteiger partial charge is 0.465 e. The van der Waals surface area contributed by atoms with Gasteiger partial charge in [0.25, 0.3) is 0 Å². The molecule has 0 bridgehead atoms. The minimum atomic E-state index is -0.668. The van der Waals surface area contributed by atoms with E-state index in [1.165, 1.54) is 25.1 Å². The molecule has 0 aliphatic carbocycles. The summed E-state index contributed by atoms with van der Waals surface area (Å²) in [5, 5.41) is 0. The average Bonchev–Trinajstić information content (AvgIpc) is 2.86. The minimum absolute atomic E-state index is 0.180. The summed E-state index contributed by atoms with van der Waals surface area (Å²) in [6, 6.07) is 1.02. The molecule has 19 heavy (non-hydrogen) atoms. The Morgan fingerprint density at radius 1 is 1.53 bits per heavy atom. The van der Waals surface area contributed by atoms with Crippen molar-refractivity contribution >= 4 is 23.7 Å². The fourth-order valence-corrected chi connectivity index (χ4v) is 2.29. The molecule has 0 fully saturated rings. The van der Waals surface area contributed by atoms with Gasteiger partial charge in [-0.3, -0.25) is 4.79 Å². The summed E-state index contributed by atoms with van der Waals surface area (Å²) < 4.78 is 14.4. The molecule has 1 unspecified atom stereocenters. The first-order valence-corrected chi connectivity index (χ1v) is 6.90. The lowest BCUT2D eigenvalue weighted by atomic mass is 10.3. The fraction of sp³-hybridized carbons (Fsp3) is 0.500. The van der Waals surface area contributed by atoms with Crippen molar-refractivity contribution in [1.29, 1.82) is 0 Å². The molecule has 1 atom stereocenters. The van der Waals surface area contributed by atoms with Crippen molar-refractivity contribution in [2.24, 2.45) is 5.73 Å². The molecule has 1 aromatic rings. The molecule has 2 N–H and O–H groups in total. The second kappa shape index (κ2) is 7.85. The zero-order valence-corrected chi connectivity index (χ0v) is 11.7. The molecule has 0 aromatic carbocycles. The second-order valence-corrected chi connectivity index (χ2v) is 4.67. The second-order valence-electron chi connectivity index (χ2n) is 3.64. The van der Waals surface area contributed by atoms with Gasteiger partial charge >= 0.3 is 11.9 Å². The van der Waals surface area contributed by atoms with E-state index in [-0.39, 0.29) is 5.76 Å². The van der Waals surface area contributed by atoms with E-state index >= 15 is 0 Å². The third kappa shape index (κ3) is 4.60. The highest BCUT2D eigenvalue weighted by molar-refractivity contribution is 7.98. The SMILES string of the molecule is CCOC(=O)C(N)CSCc1ccoc1C(=O)OC. The molecule has 0 aliphatic heterocycles. The summed E-state index contributed by atoms with van der Waals surface area (Å²) in [4.78, 5) is 22.7. The van der Waals surface area contributed by atoms with Gasteiger partial charge in [-0.15, -0.1) is 0 Å². The van der Waals surface area contributed by atoms with Crippen LogP contribution < -0.4 is 5.73 Å². The summed E-state index contributed by atoms with van der Waals surface area (Å²) in [7, 11) is 1.29. The number of carbonyl (C=O) groups excluding carboxylic acids is 2. The zero-order chi connectivity index (χ0) is 14.3. The highest BCUT2D eigenvalue weighted by atomic mass is 32.2. The summed E-state index contributed by atoms with van der Waals surface area (Å²) >= 11 is 1.42. The van der Waals surface area contributed by atoms with Gasteiger partial charge in [0.15, 0.2) is 0 Å². The third-order valence-corrected chi connectivity index (χ3v) is 3.37. The highest BCUT2D eigenvalue weighted by Gasteiger charge is 2.18. The van der Waals surface area contributed by atoms with Crippen molar-refractivity contribution in [2.45, 2.75) is 18.7 Å². The van der Waals surface area contributed by atoms with Gasteiger partial charge in [0.05, 0.1) is 20.0 Å². The number of ether oxygens (including phenoxy) is 2. The smallest absolute Gasteiger partial charge is 0.374 e. The lowest BCUT2D eigenvalue weighted by molar-refractivity contribution is -0.144. The Kier molecular flexibility index (Phi) is 6.44. The molecule has 0 spiro atoms. The number of rotatable bonds is 7. The number of methoxy groups -OCH3 is 1. The number of hydrogen-bond donors (Lipinski definition) is 1. The van der Waals surface area contributed by atoms with Gasteiger partial charge in [-0.2, -0.15) is 11.8 Å². The van der Waals surface area contributed by atoms with Gasteiger partial charge in [0.2, 0.25) is 5.76 Å². The van der Waals surface area contributed by atoms with Crippen molar-refractivity contribution < 1.29 is 23.5 Å². The Bertz CT molecular complexity index is 432. The van der Waals surface area contributed by atoms with E-state index in [2.05, 4.69) is 4.74 Å². The van der Waals surface area contributed by atoms with Crippen LogP contribution >= 0.6 is 11.8 Å². The quantitative estimate of drug-likeness (QED) is 0.753. The van der Waals surface area contributed by atoms with Crippen molar-refractivity contribution in [1.82, 2.24) is 0 Å². The van der Waals surface area contributed by atoms with E-state index in [0.717, 1.165) is 0 Å². The summed E-state index contributed by atoms with van der Waals surface area (Å²) in [6.45, 7) is 2.04. The predicted molar refractivity (Wildman–Crippen MR) is 70.8 cm³/mol. The van der Waals surface area contributed by atoms with Crippen molar-refractivity contribution in [3.05, 3.63) is 23.7 Å². The first-order valence-electron chi connectivity index (χ1n) is 5.74. The first-order chi connectivity index (χ1) is 9.10. The van der Waals surface area contributed by atoms with Crippen LogP contribution in [0.1, 0.15) is 23.0 Å². The van der Waals surface area contributed by atoms with E-state index in [1.54, 1.807) is 13.0 Å². The molecule has 0 saturated carbocycles.